The predicted molar refractivity (Wildman–Crippen MR) is 115 cm³/mol. The van der Waals surface area contributed by atoms with Gasteiger partial charge in [0.05, 0.1) is 0 Å². The van der Waals surface area contributed by atoms with Gasteiger partial charge in [-0.25, -0.2) is 10.0 Å². The van der Waals surface area contributed by atoms with E-state index in [0.717, 1.165) is 11.1 Å². The normalized spacial score (nSPS) is 23.4. The van der Waals surface area contributed by atoms with Crippen LogP contribution in [0.5, 0.6) is 0 Å². The molecular formula is C23H24ClN3O3. The molecule has 0 unspecified atom stereocenters. The van der Waals surface area contributed by atoms with Crippen molar-refractivity contribution in [1.82, 2.24) is 10.0 Å². The molecule has 156 valence electrons. The first-order valence-corrected chi connectivity index (χ1v) is 10.3. The molecule has 2 atom stereocenters. The summed E-state index contributed by atoms with van der Waals surface area (Å²) in [5, 5.41) is 7.91. The van der Waals surface area contributed by atoms with Gasteiger partial charge in [-0.1, -0.05) is 59.2 Å². The predicted octanol–water partition coefficient (Wildman–Crippen LogP) is 4.03. The van der Waals surface area contributed by atoms with E-state index in [0.29, 0.717) is 17.3 Å². The maximum absolute atomic E-state index is 13.7. The zero-order valence-corrected chi connectivity index (χ0v) is 18.0. The number of carbonyl (C=O) groups excluding carboxylic acids is 2. The van der Waals surface area contributed by atoms with Crippen molar-refractivity contribution in [1.29, 1.82) is 0 Å². The van der Waals surface area contributed by atoms with E-state index < -0.39 is 17.6 Å². The SMILES string of the molecule is C[C@@H]1ON=C(c2ccc(Cl)cc2)[C@H]1C(=O)N1C(=O)CC(C)(C)N1Cc1ccccc1. The van der Waals surface area contributed by atoms with Gasteiger partial charge in [-0.15, -0.1) is 0 Å². The van der Waals surface area contributed by atoms with Gasteiger partial charge in [0, 0.05) is 29.1 Å². The number of amides is 2. The standard InChI is InChI=1S/C23H24ClN3O3/c1-15-20(21(25-30-15)17-9-11-18(24)12-10-17)22(29)27-19(28)13-23(2,3)26(27)14-16-7-5-4-6-8-16/h4-12,15,20H,13-14H2,1-3H3/t15-,20-/m0/s1. The number of imide groups is 1. The number of carbonyl (C=O) groups is 2. The Labute approximate surface area is 181 Å². The minimum absolute atomic E-state index is 0.213. The van der Waals surface area contributed by atoms with Crippen LogP contribution in [0.15, 0.2) is 59.8 Å². The van der Waals surface area contributed by atoms with Crippen LogP contribution in [-0.2, 0) is 21.0 Å². The Hall–Kier alpha value is -2.70. The second kappa shape index (κ2) is 7.85. The topological polar surface area (TPSA) is 62.2 Å². The van der Waals surface area contributed by atoms with E-state index in [1.807, 2.05) is 49.2 Å². The number of oxime groups is 1. The molecule has 2 aliphatic rings. The molecule has 2 aromatic carbocycles. The highest BCUT2D eigenvalue weighted by Gasteiger charge is 2.51. The van der Waals surface area contributed by atoms with Gasteiger partial charge in [0.25, 0.3) is 5.91 Å². The van der Waals surface area contributed by atoms with Crippen molar-refractivity contribution >= 4 is 29.1 Å². The summed E-state index contributed by atoms with van der Waals surface area (Å²) in [5.41, 5.74) is 1.81. The third-order valence-corrected chi connectivity index (χ3v) is 5.88. The van der Waals surface area contributed by atoms with Gasteiger partial charge in [0.1, 0.15) is 17.7 Å². The summed E-state index contributed by atoms with van der Waals surface area (Å²) >= 11 is 6.00. The molecular weight excluding hydrogens is 402 g/mol. The van der Waals surface area contributed by atoms with Crippen LogP contribution >= 0.6 is 11.6 Å². The zero-order valence-electron chi connectivity index (χ0n) is 17.2. The summed E-state index contributed by atoms with van der Waals surface area (Å²) in [6.45, 7) is 6.21. The summed E-state index contributed by atoms with van der Waals surface area (Å²) in [6, 6.07) is 16.9. The van der Waals surface area contributed by atoms with Crippen molar-refractivity contribution in [3.63, 3.8) is 0 Å². The maximum atomic E-state index is 13.7. The van der Waals surface area contributed by atoms with Crippen molar-refractivity contribution in [3.05, 3.63) is 70.7 Å². The Bertz CT molecular complexity index is 989. The van der Waals surface area contributed by atoms with E-state index in [2.05, 4.69) is 5.16 Å². The van der Waals surface area contributed by atoms with E-state index >= 15 is 0 Å². The van der Waals surface area contributed by atoms with Gasteiger partial charge in [0.2, 0.25) is 5.91 Å². The van der Waals surface area contributed by atoms with E-state index in [9.17, 15) is 9.59 Å². The Morgan fingerprint density at radius 2 is 1.83 bits per heavy atom. The van der Waals surface area contributed by atoms with Crippen LogP contribution in [0.4, 0.5) is 0 Å². The molecule has 0 aliphatic carbocycles. The number of halogens is 1. The van der Waals surface area contributed by atoms with E-state index in [1.54, 1.807) is 31.2 Å². The second-order valence-electron chi connectivity index (χ2n) is 8.35. The molecule has 0 radical (unpaired) electrons. The summed E-state index contributed by atoms with van der Waals surface area (Å²) in [7, 11) is 0. The third kappa shape index (κ3) is 3.73. The summed E-state index contributed by atoms with van der Waals surface area (Å²) in [6.07, 6.45) is -0.209. The smallest absolute Gasteiger partial charge is 0.257 e. The number of hydrogen-bond acceptors (Lipinski definition) is 5. The van der Waals surface area contributed by atoms with Gasteiger partial charge in [-0.3, -0.25) is 9.59 Å². The summed E-state index contributed by atoms with van der Waals surface area (Å²) in [4.78, 5) is 32.1. The third-order valence-electron chi connectivity index (χ3n) is 5.63. The number of hydrogen-bond donors (Lipinski definition) is 0. The second-order valence-corrected chi connectivity index (χ2v) is 8.78. The Kier molecular flexibility index (Phi) is 5.38. The van der Waals surface area contributed by atoms with Gasteiger partial charge in [-0.2, -0.15) is 0 Å². The number of benzene rings is 2. The Morgan fingerprint density at radius 1 is 1.17 bits per heavy atom. The van der Waals surface area contributed by atoms with Gasteiger partial charge in [-0.05, 0) is 38.5 Å². The molecule has 4 rings (SSSR count). The molecule has 0 bridgehead atoms. The lowest BCUT2D eigenvalue weighted by molar-refractivity contribution is -0.164. The van der Waals surface area contributed by atoms with Crippen LogP contribution in [0, 0.1) is 5.92 Å². The lowest BCUT2D eigenvalue weighted by Gasteiger charge is -2.36. The van der Waals surface area contributed by atoms with Crippen LogP contribution < -0.4 is 0 Å². The van der Waals surface area contributed by atoms with E-state index in [1.165, 1.54) is 5.01 Å². The highest BCUT2D eigenvalue weighted by molar-refractivity contribution is 6.30. The lowest BCUT2D eigenvalue weighted by Crippen LogP contribution is -2.53. The summed E-state index contributed by atoms with van der Waals surface area (Å²) < 4.78 is 0. The van der Waals surface area contributed by atoms with Crippen LogP contribution in [0.25, 0.3) is 0 Å². The molecule has 2 amide bonds. The molecule has 0 N–H and O–H groups in total. The minimum Gasteiger partial charge on any atom is -0.391 e. The van der Waals surface area contributed by atoms with E-state index in [4.69, 9.17) is 16.4 Å². The van der Waals surface area contributed by atoms with Crippen LogP contribution in [0.1, 0.15) is 38.3 Å². The molecule has 0 aromatic heterocycles. The molecule has 2 heterocycles. The van der Waals surface area contributed by atoms with E-state index in [-0.39, 0.29) is 18.2 Å². The largest absolute Gasteiger partial charge is 0.391 e. The van der Waals surface area contributed by atoms with Crippen molar-refractivity contribution in [2.75, 3.05) is 0 Å². The molecule has 2 aliphatic heterocycles. The fourth-order valence-corrected chi connectivity index (χ4v) is 4.13. The average molecular weight is 426 g/mol. The average Bonchev–Trinajstić information content (AvgIpc) is 3.19. The van der Waals surface area contributed by atoms with Gasteiger partial charge >= 0.3 is 0 Å². The molecule has 30 heavy (non-hydrogen) atoms. The minimum atomic E-state index is -0.678. The highest BCUT2D eigenvalue weighted by Crippen LogP contribution is 2.35. The van der Waals surface area contributed by atoms with Crippen molar-refractivity contribution in [3.8, 4) is 0 Å². The maximum Gasteiger partial charge on any atom is 0.257 e. The zero-order chi connectivity index (χ0) is 21.5. The fourth-order valence-electron chi connectivity index (χ4n) is 4.01. The molecule has 6 nitrogen and oxygen atoms in total. The quantitative estimate of drug-likeness (QED) is 0.694. The molecule has 2 aromatic rings. The first-order chi connectivity index (χ1) is 14.3. The number of nitrogens with zero attached hydrogens (tertiary/aromatic N) is 3. The Balaban J connectivity index is 1.66. The first-order valence-electron chi connectivity index (χ1n) is 9.96. The fraction of sp³-hybridized carbons (Fsp3) is 0.348. The van der Waals surface area contributed by atoms with Crippen molar-refractivity contribution in [2.45, 2.75) is 45.4 Å². The highest BCUT2D eigenvalue weighted by atomic mass is 35.5. The van der Waals surface area contributed by atoms with Crippen LogP contribution in [0.3, 0.4) is 0 Å². The lowest BCUT2D eigenvalue weighted by atomic mass is 9.92. The van der Waals surface area contributed by atoms with Gasteiger partial charge in [0.15, 0.2) is 0 Å². The molecule has 1 saturated heterocycles. The van der Waals surface area contributed by atoms with Crippen LogP contribution in [0.2, 0.25) is 5.02 Å². The van der Waals surface area contributed by atoms with Gasteiger partial charge < -0.3 is 4.84 Å². The molecule has 1 fully saturated rings. The van der Waals surface area contributed by atoms with Crippen LogP contribution in [-0.4, -0.2) is 39.2 Å². The molecule has 0 spiro atoms. The summed E-state index contributed by atoms with van der Waals surface area (Å²) in [5.74, 6) is -1.21. The van der Waals surface area contributed by atoms with Crippen molar-refractivity contribution < 1.29 is 14.4 Å². The number of hydrazine groups is 1. The monoisotopic (exact) mass is 425 g/mol. The molecule has 7 heteroatoms. The van der Waals surface area contributed by atoms with Crippen molar-refractivity contribution in [2.24, 2.45) is 11.1 Å². The number of rotatable bonds is 4. The first kappa shape index (κ1) is 20.6. The Morgan fingerprint density at radius 3 is 2.50 bits per heavy atom. The molecule has 0 saturated carbocycles.